The fraction of sp³-hybridized carbons (Fsp3) is 0.333. The molecule has 118 valence electrons. The quantitative estimate of drug-likeness (QED) is 0.776. The number of carbonyl (C=O) groups excluding carboxylic acids is 1. The van der Waals surface area contributed by atoms with Crippen LogP contribution in [0, 0.1) is 0 Å². The predicted octanol–water partition coefficient (Wildman–Crippen LogP) is 1.15. The van der Waals surface area contributed by atoms with Crippen molar-refractivity contribution in [2.75, 3.05) is 33.1 Å². The van der Waals surface area contributed by atoms with Gasteiger partial charge in [0.15, 0.2) is 0 Å². The van der Waals surface area contributed by atoms with Gasteiger partial charge in [-0.25, -0.2) is 0 Å². The molecule has 22 heavy (non-hydrogen) atoms. The summed E-state index contributed by atoms with van der Waals surface area (Å²) < 4.78 is 15.3. The van der Waals surface area contributed by atoms with Crippen molar-refractivity contribution in [2.24, 2.45) is 0 Å². The maximum atomic E-state index is 12.4. The van der Waals surface area contributed by atoms with Crippen LogP contribution >= 0.6 is 0 Å². The Labute approximate surface area is 127 Å². The van der Waals surface area contributed by atoms with Crippen LogP contribution in [0.4, 0.5) is 5.88 Å². The van der Waals surface area contributed by atoms with Gasteiger partial charge >= 0.3 is 0 Å². The summed E-state index contributed by atoms with van der Waals surface area (Å²) in [4.78, 5) is 24.5. The number of nitrogens with one attached hydrogen (secondary N) is 1. The lowest BCUT2D eigenvalue weighted by Crippen LogP contribution is -2.31. The monoisotopic (exact) mass is 306 g/mol. The first kappa shape index (κ1) is 15.8. The van der Waals surface area contributed by atoms with E-state index in [-0.39, 0.29) is 22.4 Å². The van der Waals surface area contributed by atoms with Gasteiger partial charge in [0.2, 0.25) is 11.3 Å². The molecular formula is C15H18N2O5. The number of ether oxygens (including phenoxy) is 2. The summed E-state index contributed by atoms with van der Waals surface area (Å²) in [5, 5.41) is 2.89. The Bertz CT molecular complexity index is 739. The fourth-order valence-corrected chi connectivity index (χ4v) is 2.04. The summed E-state index contributed by atoms with van der Waals surface area (Å²) in [6, 6.07) is 4.71. The van der Waals surface area contributed by atoms with Gasteiger partial charge < -0.3 is 24.9 Å². The molecule has 0 saturated heterocycles. The van der Waals surface area contributed by atoms with Gasteiger partial charge in [0.25, 0.3) is 5.91 Å². The maximum absolute atomic E-state index is 12.4. The Morgan fingerprint density at radius 1 is 1.36 bits per heavy atom. The zero-order valence-electron chi connectivity index (χ0n) is 12.5. The molecule has 0 atom stereocenters. The maximum Gasteiger partial charge on any atom is 0.260 e. The number of benzene rings is 1. The average molecular weight is 306 g/mol. The highest BCUT2D eigenvalue weighted by atomic mass is 16.5. The molecule has 0 aliphatic carbocycles. The molecule has 0 fully saturated rings. The number of nitrogen functional groups attached to an aromatic ring is 1. The second-order valence-electron chi connectivity index (χ2n) is 4.63. The van der Waals surface area contributed by atoms with Crippen LogP contribution in [0.2, 0.25) is 0 Å². The van der Waals surface area contributed by atoms with Crippen molar-refractivity contribution in [3.63, 3.8) is 0 Å². The van der Waals surface area contributed by atoms with E-state index in [4.69, 9.17) is 19.6 Å². The van der Waals surface area contributed by atoms with Gasteiger partial charge in [-0.05, 0) is 18.6 Å². The Hall–Kier alpha value is -2.54. The van der Waals surface area contributed by atoms with Gasteiger partial charge in [0.05, 0.1) is 12.5 Å². The van der Waals surface area contributed by atoms with Gasteiger partial charge in [-0.15, -0.1) is 0 Å². The number of hydrogen-bond acceptors (Lipinski definition) is 6. The van der Waals surface area contributed by atoms with E-state index in [0.717, 1.165) is 0 Å². The predicted molar refractivity (Wildman–Crippen MR) is 82.3 cm³/mol. The minimum atomic E-state index is -0.555. The Morgan fingerprint density at radius 2 is 2.14 bits per heavy atom. The fourth-order valence-electron chi connectivity index (χ4n) is 2.04. The van der Waals surface area contributed by atoms with Gasteiger partial charge in [-0.3, -0.25) is 9.59 Å². The highest BCUT2D eigenvalue weighted by Gasteiger charge is 2.19. The van der Waals surface area contributed by atoms with Crippen LogP contribution in [0.3, 0.4) is 0 Å². The smallest absolute Gasteiger partial charge is 0.260 e. The first-order valence-corrected chi connectivity index (χ1v) is 6.76. The zero-order chi connectivity index (χ0) is 16.1. The first-order valence-electron chi connectivity index (χ1n) is 6.76. The third kappa shape index (κ3) is 3.20. The van der Waals surface area contributed by atoms with Crippen LogP contribution in [0.5, 0.6) is 5.75 Å². The van der Waals surface area contributed by atoms with E-state index in [9.17, 15) is 9.59 Å². The van der Waals surface area contributed by atoms with E-state index in [0.29, 0.717) is 25.3 Å². The lowest BCUT2D eigenvalue weighted by molar-refractivity contribution is 0.0947. The van der Waals surface area contributed by atoms with Crippen molar-refractivity contribution in [2.45, 2.75) is 6.42 Å². The molecule has 0 saturated carbocycles. The van der Waals surface area contributed by atoms with Crippen LogP contribution in [-0.2, 0) is 4.74 Å². The van der Waals surface area contributed by atoms with Crippen molar-refractivity contribution in [1.29, 1.82) is 0 Å². The summed E-state index contributed by atoms with van der Waals surface area (Å²) in [7, 11) is 3.08. The van der Waals surface area contributed by atoms with E-state index >= 15 is 0 Å². The normalized spacial score (nSPS) is 10.6. The highest BCUT2D eigenvalue weighted by Crippen LogP contribution is 2.22. The summed E-state index contributed by atoms with van der Waals surface area (Å²) in [5.41, 5.74) is 5.34. The first-order chi connectivity index (χ1) is 10.6. The molecule has 1 heterocycles. The van der Waals surface area contributed by atoms with Crippen LogP contribution in [0.15, 0.2) is 27.4 Å². The molecule has 1 aromatic heterocycles. The summed E-state index contributed by atoms with van der Waals surface area (Å²) in [6.45, 7) is 0.897. The van der Waals surface area contributed by atoms with Crippen molar-refractivity contribution in [3.8, 4) is 5.75 Å². The van der Waals surface area contributed by atoms with Crippen LogP contribution in [-0.4, -0.2) is 33.3 Å². The molecular weight excluding hydrogens is 288 g/mol. The number of anilines is 1. The molecule has 0 aliphatic rings. The molecule has 3 N–H and O–H groups in total. The number of carbonyl (C=O) groups is 1. The molecule has 7 nitrogen and oxygen atoms in total. The Kier molecular flexibility index (Phi) is 5.00. The third-order valence-electron chi connectivity index (χ3n) is 3.16. The number of fused-ring (bicyclic) bond motifs is 1. The lowest BCUT2D eigenvalue weighted by Gasteiger charge is -2.08. The summed E-state index contributed by atoms with van der Waals surface area (Å²) in [5.74, 6) is -0.234. The SMILES string of the molecule is COCCCNC(=O)c1c(N)oc2cc(OC)ccc2c1=O. The molecule has 0 aliphatic heterocycles. The van der Waals surface area contributed by atoms with E-state index in [1.807, 2.05) is 0 Å². The molecule has 1 aromatic carbocycles. The molecule has 1 amide bonds. The lowest BCUT2D eigenvalue weighted by atomic mass is 10.1. The van der Waals surface area contributed by atoms with E-state index in [2.05, 4.69) is 5.32 Å². The number of amides is 1. The average Bonchev–Trinajstić information content (AvgIpc) is 2.51. The number of hydrogen-bond donors (Lipinski definition) is 2. The van der Waals surface area contributed by atoms with E-state index in [1.165, 1.54) is 7.11 Å². The summed E-state index contributed by atoms with van der Waals surface area (Å²) >= 11 is 0. The molecule has 7 heteroatoms. The van der Waals surface area contributed by atoms with Gasteiger partial charge in [0, 0.05) is 26.3 Å². The second kappa shape index (κ2) is 6.95. The topological polar surface area (TPSA) is 104 Å². The highest BCUT2D eigenvalue weighted by molar-refractivity contribution is 6.00. The van der Waals surface area contributed by atoms with Gasteiger partial charge in [-0.2, -0.15) is 0 Å². The Morgan fingerprint density at radius 3 is 2.82 bits per heavy atom. The van der Waals surface area contributed by atoms with Crippen LogP contribution in [0.25, 0.3) is 11.0 Å². The molecule has 0 unspecified atom stereocenters. The molecule has 0 bridgehead atoms. The van der Waals surface area contributed by atoms with Gasteiger partial charge in [-0.1, -0.05) is 0 Å². The largest absolute Gasteiger partial charge is 0.497 e. The molecule has 0 spiro atoms. The van der Waals surface area contributed by atoms with Gasteiger partial charge in [0.1, 0.15) is 16.9 Å². The van der Waals surface area contributed by atoms with Crippen LogP contribution in [0.1, 0.15) is 16.8 Å². The standard InChI is InChI=1S/C15H18N2O5/c1-20-7-3-6-17-15(19)12-13(18)10-5-4-9(21-2)8-11(10)22-14(12)16/h4-5,8H,3,6-7,16H2,1-2H3,(H,17,19). The number of rotatable bonds is 6. The van der Waals surface area contributed by atoms with E-state index < -0.39 is 11.3 Å². The van der Waals surface area contributed by atoms with Crippen LogP contribution < -0.4 is 21.2 Å². The minimum Gasteiger partial charge on any atom is -0.497 e. The zero-order valence-corrected chi connectivity index (χ0v) is 12.5. The molecule has 2 aromatic rings. The van der Waals surface area contributed by atoms with Crippen molar-refractivity contribution in [3.05, 3.63) is 34.0 Å². The number of methoxy groups -OCH3 is 2. The van der Waals surface area contributed by atoms with Crippen molar-refractivity contribution < 1.29 is 18.7 Å². The minimum absolute atomic E-state index is 0.185. The van der Waals surface area contributed by atoms with Crippen molar-refractivity contribution in [1.82, 2.24) is 5.32 Å². The number of nitrogens with two attached hydrogens (primary N) is 1. The van der Waals surface area contributed by atoms with E-state index in [1.54, 1.807) is 25.3 Å². The van der Waals surface area contributed by atoms with Crippen molar-refractivity contribution >= 4 is 22.8 Å². The summed E-state index contributed by atoms with van der Waals surface area (Å²) in [6.07, 6.45) is 0.637. The molecule has 2 rings (SSSR count). The molecule has 0 radical (unpaired) electrons. The Balaban J connectivity index is 2.34. The second-order valence-corrected chi connectivity index (χ2v) is 4.63. The third-order valence-corrected chi connectivity index (χ3v) is 3.16.